The molecule has 1 N–H and O–H groups in total. The number of aromatic nitrogens is 4. The largest absolute Gasteiger partial charge is 0.478 e. The van der Waals surface area contributed by atoms with Gasteiger partial charge in [-0.1, -0.05) is 6.07 Å². The molecule has 3 aromatic rings. The number of nitrogens with zero attached hydrogens (tertiary/aromatic N) is 4. The zero-order valence-electron chi connectivity index (χ0n) is 9.19. The van der Waals surface area contributed by atoms with E-state index >= 15 is 0 Å². The van der Waals surface area contributed by atoms with Gasteiger partial charge in [0.15, 0.2) is 0 Å². The lowest BCUT2D eigenvalue weighted by Crippen LogP contribution is -2.03. The summed E-state index contributed by atoms with van der Waals surface area (Å²) in [5, 5.41) is 13.6. The minimum atomic E-state index is -0.990. The van der Waals surface area contributed by atoms with Crippen molar-refractivity contribution in [1.82, 2.24) is 19.7 Å². The molecule has 0 radical (unpaired) electrons. The van der Waals surface area contributed by atoms with E-state index in [-0.39, 0.29) is 5.56 Å². The third kappa shape index (κ3) is 1.60. The van der Waals surface area contributed by atoms with Gasteiger partial charge in [-0.2, -0.15) is 5.10 Å². The Bertz CT molecular complexity index is 722. The van der Waals surface area contributed by atoms with Crippen LogP contribution in [0.25, 0.3) is 16.9 Å². The lowest BCUT2D eigenvalue weighted by Gasteiger charge is -2.03. The number of carboxylic acids is 1. The van der Waals surface area contributed by atoms with Gasteiger partial charge in [-0.05, 0) is 18.2 Å². The summed E-state index contributed by atoms with van der Waals surface area (Å²) in [6.45, 7) is 0. The maximum absolute atomic E-state index is 11.1. The van der Waals surface area contributed by atoms with Crippen molar-refractivity contribution in [2.75, 3.05) is 0 Å². The molecule has 0 saturated carbocycles. The lowest BCUT2D eigenvalue weighted by atomic mass is 10.1. The molecule has 18 heavy (non-hydrogen) atoms. The van der Waals surface area contributed by atoms with Gasteiger partial charge in [-0.15, -0.1) is 0 Å². The van der Waals surface area contributed by atoms with Crippen LogP contribution >= 0.6 is 0 Å². The molecule has 0 atom stereocenters. The molecule has 6 nitrogen and oxygen atoms in total. The topological polar surface area (TPSA) is 80.9 Å². The highest BCUT2D eigenvalue weighted by atomic mass is 16.4. The molecule has 3 rings (SSSR count). The first-order valence-electron chi connectivity index (χ1n) is 5.25. The Morgan fingerprint density at radius 2 is 2.17 bits per heavy atom. The molecule has 88 valence electrons. The second kappa shape index (κ2) is 3.92. The van der Waals surface area contributed by atoms with E-state index in [0.717, 1.165) is 0 Å². The first-order chi connectivity index (χ1) is 8.75. The highest BCUT2D eigenvalue weighted by molar-refractivity contribution is 6.02. The van der Waals surface area contributed by atoms with E-state index in [1.807, 2.05) is 0 Å². The molecule has 0 aliphatic carbocycles. The molecule has 1 aromatic carbocycles. The van der Waals surface area contributed by atoms with Crippen molar-refractivity contribution in [3.05, 3.63) is 48.4 Å². The molecule has 6 heteroatoms. The fourth-order valence-corrected chi connectivity index (χ4v) is 1.73. The minimum Gasteiger partial charge on any atom is -0.478 e. The van der Waals surface area contributed by atoms with Crippen LogP contribution in [0.5, 0.6) is 0 Å². The monoisotopic (exact) mass is 240 g/mol. The summed E-state index contributed by atoms with van der Waals surface area (Å²) >= 11 is 0. The van der Waals surface area contributed by atoms with Gasteiger partial charge in [0.2, 0.25) is 0 Å². The molecule has 0 unspecified atom stereocenters. The Morgan fingerprint density at radius 3 is 2.89 bits per heavy atom. The summed E-state index contributed by atoms with van der Waals surface area (Å²) in [7, 11) is 0. The summed E-state index contributed by atoms with van der Waals surface area (Å²) in [6.07, 6.45) is 4.85. The zero-order valence-corrected chi connectivity index (χ0v) is 9.19. The van der Waals surface area contributed by atoms with Crippen molar-refractivity contribution in [2.24, 2.45) is 0 Å². The Kier molecular flexibility index (Phi) is 2.26. The van der Waals surface area contributed by atoms with E-state index < -0.39 is 5.97 Å². The van der Waals surface area contributed by atoms with Crippen molar-refractivity contribution in [3.8, 4) is 5.95 Å². The minimum absolute atomic E-state index is 0.194. The maximum Gasteiger partial charge on any atom is 0.336 e. The number of fused-ring (bicyclic) bond motifs is 1. The second-order valence-electron chi connectivity index (χ2n) is 3.66. The Balaban J connectivity index is 2.23. The molecule has 0 spiro atoms. The highest BCUT2D eigenvalue weighted by Crippen LogP contribution is 2.17. The van der Waals surface area contributed by atoms with Gasteiger partial charge in [0, 0.05) is 24.0 Å². The van der Waals surface area contributed by atoms with Gasteiger partial charge >= 0.3 is 5.97 Å². The van der Waals surface area contributed by atoms with Gasteiger partial charge in [0.25, 0.3) is 5.95 Å². The van der Waals surface area contributed by atoms with Gasteiger partial charge in [-0.25, -0.2) is 19.4 Å². The van der Waals surface area contributed by atoms with E-state index in [1.54, 1.807) is 30.6 Å². The molecule has 0 aliphatic rings. The fourth-order valence-electron chi connectivity index (χ4n) is 1.73. The van der Waals surface area contributed by atoms with Crippen LogP contribution in [0.4, 0.5) is 0 Å². The predicted molar refractivity (Wildman–Crippen MR) is 63.6 cm³/mol. The predicted octanol–water partition coefficient (Wildman–Crippen LogP) is 1.51. The molecule has 2 heterocycles. The molecule has 0 amide bonds. The van der Waals surface area contributed by atoms with Crippen molar-refractivity contribution in [2.45, 2.75) is 0 Å². The number of aromatic carboxylic acids is 1. The Labute approximate surface area is 102 Å². The van der Waals surface area contributed by atoms with Crippen molar-refractivity contribution < 1.29 is 9.90 Å². The maximum atomic E-state index is 11.1. The molecular formula is C12H8N4O2. The molecule has 0 fully saturated rings. The Morgan fingerprint density at radius 1 is 1.28 bits per heavy atom. The van der Waals surface area contributed by atoms with Gasteiger partial charge in [0.05, 0.1) is 11.1 Å². The SMILES string of the molecule is O=C(O)c1cccc2nc(-n3cccn3)ncc12. The summed E-state index contributed by atoms with van der Waals surface area (Å²) in [6, 6.07) is 6.70. The Hall–Kier alpha value is -2.76. The van der Waals surface area contributed by atoms with Crippen LogP contribution < -0.4 is 0 Å². The number of carbonyl (C=O) groups is 1. The van der Waals surface area contributed by atoms with Crippen LogP contribution in [-0.4, -0.2) is 30.8 Å². The van der Waals surface area contributed by atoms with Crippen LogP contribution in [0, 0.1) is 0 Å². The lowest BCUT2D eigenvalue weighted by molar-refractivity contribution is 0.0699. The number of benzene rings is 1. The third-order valence-electron chi connectivity index (χ3n) is 2.55. The van der Waals surface area contributed by atoms with Crippen molar-refractivity contribution in [1.29, 1.82) is 0 Å². The van der Waals surface area contributed by atoms with Crippen molar-refractivity contribution in [3.63, 3.8) is 0 Å². The average molecular weight is 240 g/mol. The van der Waals surface area contributed by atoms with Crippen LogP contribution in [-0.2, 0) is 0 Å². The molecule has 0 aliphatic heterocycles. The summed E-state index contributed by atoms with van der Waals surface area (Å²) in [5.74, 6) is -0.578. The van der Waals surface area contributed by atoms with Crippen LogP contribution in [0.15, 0.2) is 42.9 Å². The highest BCUT2D eigenvalue weighted by Gasteiger charge is 2.10. The molecule has 0 saturated heterocycles. The molecular weight excluding hydrogens is 232 g/mol. The normalized spacial score (nSPS) is 10.7. The summed E-state index contributed by atoms with van der Waals surface area (Å²) in [4.78, 5) is 19.5. The van der Waals surface area contributed by atoms with E-state index in [2.05, 4.69) is 15.1 Å². The number of hydrogen-bond donors (Lipinski definition) is 1. The van der Waals surface area contributed by atoms with E-state index in [0.29, 0.717) is 16.9 Å². The van der Waals surface area contributed by atoms with Gasteiger partial charge in [0.1, 0.15) is 0 Å². The summed E-state index contributed by atoms with van der Waals surface area (Å²) < 4.78 is 1.52. The standard InChI is InChI=1S/C12H8N4O2/c17-11(18)8-3-1-4-10-9(8)7-13-12(15-10)16-6-2-5-14-16/h1-7H,(H,17,18). The first kappa shape index (κ1) is 10.4. The molecule has 0 bridgehead atoms. The fraction of sp³-hybridized carbons (Fsp3) is 0. The van der Waals surface area contributed by atoms with E-state index in [9.17, 15) is 4.79 Å². The van der Waals surface area contributed by atoms with E-state index in [1.165, 1.54) is 16.9 Å². The van der Waals surface area contributed by atoms with E-state index in [4.69, 9.17) is 5.11 Å². The zero-order chi connectivity index (χ0) is 12.5. The van der Waals surface area contributed by atoms with Crippen LogP contribution in [0.3, 0.4) is 0 Å². The quantitative estimate of drug-likeness (QED) is 0.734. The van der Waals surface area contributed by atoms with Crippen LogP contribution in [0.2, 0.25) is 0 Å². The molecule has 2 aromatic heterocycles. The first-order valence-corrected chi connectivity index (χ1v) is 5.25. The van der Waals surface area contributed by atoms with Gasteiger partial charge < -0.3 is 5.11 Å². The second-order valence-corrected chi connectivity index (χ2v) is 3.66. The van der Waals surface area contributed by atoms with Crippen LogP contribution in [0.1, 0.15) is 10.4 Å². The third-order valence-corrected chi connectivity index (χ3v) is 2.55. The number of carboxylic acid groups (broad SMARTS) is 1. The van der Waals surface area contributed by atoms with Crippen molar-refractivity contribution >= 4 is 16.9 Å². The van der Waals surface area contributed by atoms with Gasteiger partial charge in [-0.3, -0.25) is 0 Å². The summed E-state index contributed by atoms with van der Waals surface area (Å²) in [5.41, 5.74) is 0.773. The average Bonchev–Trinajstić information content (AvgIpc) is 2.91. The number of hydrogen-bond acceptors (Lipinski definition) is 4. The number of rotatable bonds is 2. The smallest absolute Gasteiger partial charge is 0.336 e.